The van der Waals surface area contributed by atoms with E-state index in [-0.39, 0.29) is 11.8 Å². The number of hydrogen-bond donors (Lipinski definition) is 3. The molecule has 0 bridgehead atoms. The summed E-state index contributed by atoms with van der Waals surface area (Å²) in [5, 5.41) is 8.73. The van der Waals surface area contributed by atoms with E-state index in [1.807, 2.05) is 13.8 Å². The van der Waals surface area contributed by atoms with E-state index in [0.29, 0.717) is 13.1 Å². The molecule has 0 aromatic rings. The number of guanidine groups is 1. The Morgan fingerprint density at radius 3 is 2.29 bits per heavy atom. The first-order valence-corrected chi connectivity index (χ1v) is 4.78. The third kappa shape index (κ3) is 5.40. The number of amides is 1. The van der Waals surface area contributed by atoms with E-state index >= 15 is 0 Å². The van der Waals surface area contributed by atoms with Gasteiger partial charge in [-0.05, 0) is 0 Å². The summed E-state index contributed by atoms with van der Waals surface area (Å²) in [5.74, 6) is 0.841. The van der Waals surface area contributed by atoms with Gasteiger partial charge in [0.15, 0.2) is 5.96 Å². The van der Waals surface area contributed by atoms with Crippen LogP contribution in [0.15, 0.2) is 4.99 Å². The van der Waals surface area contributed by atoms with Crippen molar-refractivity contribution < 1.29 is 4.79 Å². The highest BCUT2D eigenvalue weighted by Gasteiger charge is 2.04. The molecule has 0 aliphatic carbocycles. The zero-order valence-corrected chi connectivity index (χ0v) is 9.35. The zero-order chi connectivity index (χ0) is 11.0. The summed E-state index contributed by atoms with van der Waals surface area (Å²) in [6.07, 6.45) is 0. The fraction of sp³-hybridized carbons (Fsp3) is 0.778. The highest BCUT2D eigenvalue weighted by atomic mass is 16.1. The standard InChI is InChI=1S/C9H20N4O/c1-7(2)8(14)12-5-6-13-9(10-3)11-4/h7H,5-6H2,1-4H3,(H,12,14)(H2,10,11,13). The van der Waals surface area contributed by atoms with Gasteiger partial charge in [0, 0.05) is 33.1 Å². The van der Waals surface area contributed by atoms with E-state index in [1.165, 1.54) is 0 Å². The molecule has 0 spiro atoms. The van der Waals surface area contributed by atoms with E-state index in [1.54, 1.807) is 14.1 Å². The van der Waals surface area contributed by atoms with Crippen LogP contribution in [0, 0.1) is 5.92 Å². The van der Waals surface area contributed by atoms with Crippen LogP contribution in [0.3, 0.4) is 0 Å². The maximum Gasteiger partial charge on any atom is 0.222 e. The maximum absolute atomic E-state index is 11.1. The molecule has 0 aromatic carbocycles. The summed E-state index contributed by atoms with van der Waals surface area (Å²) in [4.78, 5) is 15.1. The molecule has 0 unspecified atom stereocenters. The molecule has 0 saturated carbocycles. The van der Waals surface area contributed by atoms with Gasteiger partial charge in [-0.25, -0.2) is 0 Å². The Morgan fingerprint density at radius 2 is 1.86 bits per heavy atom. The van der Waals surface area contributed by atoms with Crippen molar-refractivity contribution in [1.82, 2.24) is 16.0 Å². The largest absolute Gasteiger partial charge is 0.359 e. The number of carbonyl (C=O) groups excluding carboxylic acids is 1. The third-order valence-corrected chi connectivity index (χ3v) is 1.70. The van der Waals surface area contributed by atoms with E-state index in [2.05, 4.69) is 20.9 Å². The van der Waals surface area contributed by atoms with Crippen LogP contribution in [-0.4, -0.2) is 39.1 Å². The highest BCUT2D eigenvalue weighted by Crippen LogP contribution is 1.88. The first kappa shape index (κ1) is 12.7. The quantitative estimate of drug-likeness (QED) is 0.327. The number of hydrogen-bond acceptors (Lipinski definition) is 2. The number of nitrogens with one attached hydrogen (secondary N) is 3. The van der Waals surface area contributed by atoms with Crippen molar-refractivity contribution in [3.05, 3.63) is 0 Å². The summed E-state index contributed by atoms with van der Waals surface area (Å²) >= 11 is 0. The topological polar surface area (TPSA) is 65.5 Å². The minimum absolute atomic E-state index is 0.0404. The van der Waals surface area contributed by atoms with Gasteiger partial charge in [0.1, 0.15) is 0 Å². The van der Waals surface area contributed by atoms with Crippen molar-refractivity contribution in [2.24, 2.45) is 10.9 Å². The summed E-state index contributed by atoms with van der Waals surface area (Å²) in [6, 6.07) is 0. The van der Waals surface area contributed by atoms with Crippen LogP contribution in [0.5, 0.6) is 0 Å². The summed E-state index contributed by atoms with van der Waals surface area (Å²) < 4.78 is 0. The van der Waals surface area contributed by atoms with Crippen LogP contribution in [0.25, 0.3) is 0 Å². The maximum atomic E-state index is 11.1. The second-order valence-corrected chi connectivity index (χ2v) is 3.19. The fourth-order valence-electron chi connectivity index (χ4n) is 0.850. The molecule has 0 atom stereocenters. The molecule has 0 rings (SSSR count). The molecular formula is C9H20N4O. The fourth-order valence-corrected chi connectivity index (χ4v) is 0.850. The Balaban J connectivity index is 3.51. The SMILES string of the molecule is CN=C(NC)NCCNC(=O)C(C)C. The Hall–Kier alpha value is -1.26. The highest BCUT2D eigenvalue weighted by molar-refractivity contribution is 5.79. The second kappa shape index (κ2) is 7.17. The number of aliphatic imine (C=N–C) groups is 1. The Bertz CT molecular complexity index is 201. The smallest absolute Gasteiger partial charge is 0.222 e. The molecule has 0 aromatic heterocycles. The molecule has 0 radical (unpaired) electrons. The normalized spacial score (nSPS) is 11.4. The average molecular weight is 200 g/mol. The summed E-state index contributed by atoms with van der Waals surface area (Å²) in [5.41, 5.74) is 0. The molecule has 0 saturated heterocycles. The van der Waals surface area contributed by atoms with E-state index < -0.39 is 0 Å². The number of carbonyl (C=O) groups is 1. The molecule has 0 fully saturated rings. The van der Waals surface area contributed by atoms with Crippen molar-refractivity contribution in [1.29, 1.82) is 0 Å². The van der Waals surface area contributed by atoms with Crippen molar-refractivity contribution in [3.8, 4) is 0 Å². The van der Waals surface area contributed by atoms with E-state index in [9.17, 15) is 4.79 Å². The average Bonchev–Trinajstić information content (AvgIpc) is 2.17. The van der Waals surface area contributed by atoms with Gasteiger partial charge in [-0.1, -0.05) is 13.8 Å². The van der Waals surface area contributed by atoms with Crippen LogP contribution in [-0.2, 0) is 4.79 Å². The summed E-state index contributed by atoms with van der Waals surface area (Å²) in [7, 11) is 3.49. The first-order valence-electron chi connectivity index (χ1n) is 4.78. The molecule has 3 N–H and O–H groups in total. The van der Waals surface area contributed by atoms with Crippen LogP contribution in [0.1, 0.15) is 13.8 Å². The number of nitrogens with zero attached hydrogens (tertiary/aromatic N) is 1. The van der Waals surface area contributed by atoms with Gasteiger partial charge in [-0.3, -0.25) is 9.79 Å². The minimum Gasteiger partial charge on any atom is -0.359 e. The van der Waals surface area contributed by atoms with Gasteiger partial charge < -0.3 is 16.0 Å². The lowest BCUT2D eigenvalue weighted by Gasteiger charge is -2.10. The molecule has 14 heavy (non-hydrogen) atoms. The van der Waals surface area contributed by atoms with Gasteiger partial charge in [0.25, 0.3) is 0 Å². The molecule has 0 heterocycles. The van der Waals surface area contributed by atoms with Crippen molar-refractivity contribution >= 4 is 11.9 Å². The van der Waals surface area contributed by atoms with Crippen LogP contribution in [0.2, 0.25) is 0 Å². The van der Waals surface area contributed by atoms with Crippen LogP contribution >= 0.6 is 0 Å². The van der Waals surface area contributed by atoms with Gasteiger partial charge >= 0.3 is 0 Å². The lowest BCUT2D eigenvalue weighted by Crippen LogP contribution is -2.40. The van der Waals surface area contributed by atoms with Gasteiger partial charge in [-0.2, -0.15) is 0 Å². The summed E-state index contributed by atoms with van der Waals surface area (Å²) in [6.45, 7) is 5.02. The second-order valence-electron chi connectivity index (χ2n) is 3.19. The Morgan fingerprint density at radius 1 is 1.29 bits per heavy atom. The monoisotopic (exact) mass is 200 g/mol. The molecule has 0 aliphatic heterocycles. The van der Waals surface area contributed by atoms with Crippen molar-refractivity contribution in [3.63, 3.8) is 0 Å². The van der Waals surface area contributed by atoms with Crippen molar-refractivity contribution in [2.75, 3.05) is 27.2 Å². The van der Waals surface area contributed by atoms with Gasteiger partial charge in [0.05, 0.1) is 0 Å². The minimum atomic E-state index is 0.0404. The van der Waals surface area contributed by atoms with Gasteiger partial charge in [-0.15, -0.1) is 0 Å². The molecule has 5 heteroatoms. The Kier molecular flexibility index (Phi) is 6.53. The molecule has 82 valence electrons. The predicted molar refractivity (Wildman–Crippen MR) is 58.3 cm³/mol. The molecule has 5 nitrogen and oxygen atoms in total. The van der Waals surface area contributed by atoms with Crippen molar-refractivity contribution in [2.45, 2.75) is 13.8 Å². The lowest BCUT2D eigenvalue weighted by atomic mass is 10.2. The number of rotatable bonds is 4. The molecule has 1 amide bonds. The van der Waals surface area contributed by atoms with Crippen LogP contribution in [0.4, 0.5) is 0 Å². The van der Waals surface area contributed by atoms with Crippen LogP contribution < -0.4 is 16.0 Å². The van der Waals surface area contributed by atoms with E-state index in [0.717, 1.165) is 5.96 Å². The zero-order valence-electron chi connectivity index (χ0n) is 9.35. The van der Waals surface area contributed by atoms with E-state index in [4.69, 9.17) is 0 Å². The lowest BCUT2D eigenvalue weighted by molar-refractivity contribution is -0.123. The predicted octanol–water partition coefficient (Wildman–Crippen LogP) is -0.447. The Labute approximate surface area is 85.4 Å². The molecular weight excluding hydrogens is 180 g/mol. The van der Waals surface area contributed by atoms with Gasteiger partial charge in [0.2, 0.25) is 5.91 Å². The molecule has 0 aliphatic rings. The third-order valence-electron chi connectivity index (χ3n) is 1.70. The first-order chi connectivity index (χ1) is 6.61.